The Hall–Kier alpha value is 0.600. The van der Waals surface area contributed by atoms with Gasteiger partial charge < -0.3 is 0 Å². The molecule has 0 atom stereocenters. The molecule has 0 aliphatic heterocycles. The van der Waals surface area contributed by atoms with Crippen molar-refractivity contribution in [1.29, 1.82) is 0 Å². The standard InChI is InChI=1S/ClHO4Te/c1-5-6(2,3)4/h(H,2,3,4). The molecule has 6 heteroatoms. The maximum atomic E-state index is 9.31. The van der Waals surface area contributed by atoms with E-state index in [0.717, 1.165) is 0 Å². The van der Waals surface area contributed by atoms with Crippen LogP contribution in [0, 0.1) is 0 Å². The molecule has 0 aromatic rings. The molecule has 0 spiro atoms. The van der Waals surface area contributed by atoms with Gasteiger partial charge in [-0.3, -0.25) is 0 Å². The fourth-order valence-corrected chi connectivity index (χ4v) is 0. The minimum absolute atomic E-state index is 3.04. The molecule has 0 radical (unpaired) electrons. The van der Waals surface area contributed by atoms with Crippen LogP contribution in [0.3, 0.4) is 0 Å². The molecule has 0 fully saturated rings. The second-order valence-corrected chi connectivity index (χ2v) is 4.14. The van der Waals surface area contributed by atoms with Gasteiger partial charge in [0.2, 0.25) is 0 Å². The van der Waals surface area contributed by atoms with Crippen LogP contribution in [0.5, 0.6) is 0 Å². The Bertz CT molecular complexity index is 110. The van der Waals surface area contributed by atoms with Crippen molar-refractivity contribution in [2.45, 2.75) is 0 Å². The van der Waals surface area contributed by atoms with Crippen LogP contribution >= 0.6 is 11.9 Å². The molecule has 0 heterocycles. The van der Waals surface area contributed by atoms with Crippen molar-refractivity contribution in [3.63, 3.8) is 0 Å². The first-order valence-corrected chi connectivity index (χ1v) is 5.04. The Balaban J connectivity index is 3.85. The molecule has 0 aliphatic carbocycles. The van der Waals surface area contributed by atoms with Crippen LogP contribution in [0.4, 0.5) is 0 Å². The van der Waals surface area contributed by atoms with Gasteiger partial charge in [0.05, 0.1) is 0 Å². The molecule has 0 aromatic heterocycles. The van der Waals surface area contributed by atoms with E-state index in [2.05, 4.69) is 14.5 Å². The van der Waals surface area contributed by atoms with Gasteiger partial charge in [-0.25, -0.2) is 0 Å². The van der Waals surface area contributed by atoms with E-state index in [-0.39, 0.29) is 0 Å². The number of hydrogen-bond donors (Lipinski definition) is 1. The van der Waals surface area contributed by atoms with Crippen molar-refractivity contribution in [2.24, 2.45) is 0 Å². The predicted octanol–water partition coefficient (Wildman–Crippen LogP) is -0.554. The summed E-state index contributed by atoms with van der Waals surface area (Å²) in [6, 6.07) is 0. The van der Waals surface area contributed by atoms with Crippen LogP contribution in [-0.4, -0.2) is 22.4 Å². The van der Waals surface area contributed by atoms with Crippen molar-refractivity contribution < 1.29 is 12.3 Å². The SMILES string of the molecule is O=[Te](=O)(O)OCl. The molecule has 4 nitrogen and oxygen atoms in total. The van der Waals surface area contributed by atoms with E-state index in [1.807, 2.05) is 0 Å². The van der Waals surface area contributed by atoms with E-state index >= 15 is 0 Å². The molecule has 0 amide bonds. The summed E-state index contributed by atoms with van der Waals surface area (Å²) in [7, 11) is 0. The first kappa shape index (κ1) is 6.60. The van der Waals surface area contributed by atoms with E-state index in [1.165, 1.54) is 0 Å². The van der Waals surface area contributed by atoms with Crippen molar-refractivity contribution >= 4 is 30.8 Å². The van der Waals surface area contributed by atoms with Crippen molar-refractivity contribution in [3.8, 4) is 0 Å². The first-order chi connectivity index (χ1) is 2.56. The first-order valence-electron chi connectivity index (χ1n) is 0.837. The zero-order valence-electron chi connectivity index (χ0n) is 2.46. The van der Waals surface area contributed by atoms with Crippen molar-refractivity contribution in [1.82, 2.24) is 0 Å². The molecule has 0 aliphatic rings. The molecular weight excluding hydrogens is 227 g/mol. The van der Waals surface area contributed by atoms with Crippen LogP contribution in [-0.2, 0) is 8.86 Å². The fourth-order valence-electron chi connectivity index (χ4n) is 0. The van der Waals surface area contributed by atoms with Gasteiger partial charge in [0, 0.05) is 0 Å². The second kappa shape index (κ2) is 2.05. The van der Waals surface area contributed by atoms with E-state index in [1.54, 1.807) is 0 Å². The molecule has 0 saturated heterocycles. The summed E-state index contributed by atoms with van der Waals surface area (Å²) in [4.78, 5) is 0. The van der Waals surface area contributed by atoms with Gasteiger partial charge in [-0.1, -0.05) is 0 Å². The van der Waals surface area contributed by atoms with E-state index in [9.17, 15) is 6.21 Å². The zero-order chi connectivity index (χ0) is 5.21. The summed E-state index contributed by atoms with van der Waals surface area (Å²) in [5.74, 6) is 0. The van der Waals surface area contributed by atoms with Crippen LogP contribution < -0.4 is 0 Å². The van der Waals surface area contributed by atoms with Gasteiger partial charge in [-0.15, -0.1) is 0 Å². The van der Waals surface area contributed by atoms with Gasteiger partial charge in [0.25, 0.3) is 0 Å². The summed E-state index contributed by atoms with van der Waals surface area (Å²) in [6.07, 6.45) is 0. The van der Waals surface area contributed by atoms with E-state index in [4.69, 9.17) is 3.47 Å². The molecular formula is HClO4Te. The Morgan fingerprint density at radius 3 is 1.83 bits per heavy atom. The Labute approximate surface area is 43.5 Å². The molecule has 0 saturated carbocycles. The molecule has 38 valence electrons. The average Bonchev–Trinajstić information content (AvgIpc) is 1.35. The zero-order valence-corrected chi connectivity index (χ0v) is 5.54. The third-order valence-corrected chi connectivity index (χ3v) is 1.60. The van der Waals surface area contributed by atoms with Crippen LogP contribution in [0.1, 0.15) is 0 Å². The third-order valence-electron chi connectivity index (χ3n) is 0.0796. The predicted molar refractivity (Wildman–Crippen MR) is 16.3 cm³/mol. The average molecular weight is 228 g/mol. The summed E-state index contributed by atoms with van der Waals surface area (Å²) in [6.45, 7) is 0. The normalized spacial score (nSPS) is 11.7. The van der Waals surface area contributed by atoms with Gasteiger partial charge in [-0.05, 0) is 0 Å². The molecule has 0 rings (SSSR count). The van der Waals surface area contributed by atoms with Gasteiger partial charge in [-0.2, -0.15) is 0 Å². The van der Waals surface area contributed by atoms with Crippen molar-refractivity contribution in [3.05, 3.63) is 0 Å². The van der Waals surface area contributed by atoms with Gasteiger partial charge in [0.1, 0.15) is 0 Å². The number of halogens is 1. The minimum atomic E-state index is -5.30. The maximum absolute atomic E-state index is 9.31. The Kier molecular flexibility index (Phi) is 2.26. The summed E-state index contributed by atoms with van der Waals surface area (Å²) in [5, 5.41) is 0. The molecule has 0 unspecified atom stereocenters. The summed E-state index contributed by atoms with van der Waals surface area (Å²) in [5.41, 5.74) is 0. The topological polar surface area (TPSA) is 63.6 Å². The van der Waals surface area contributed by atoms with E-state index in [0.29, 0.717) is 0 Å². The summed E-state index contributed by atoms with van der Waals surface area (Å²) < 4.78 is 29.2. The van der Waals surface area contributed by atoms with E-state index < -0.39 is 19.0 Å². The molecule has 1 N–H and O–H groups in total. The second-order valence-electron chi connectivity index (χ2n) is 0.491. The molecule has 0 bridgehead atoms. The van der Waals surface area contributed by atoms with Crippen LogP contribution in [0.25, 0.3) is 0 Å². The molecule has 6 heavy (non-hydrogen) atoms. The van der Waals surface area contributed by atoms with Gasteiger partial charge >= 0.3 is 43.2 Å². The number of rotatable bonds is 1. The Morgan fingerprint density at radius 1 is 1.67 bits per heavy atom. The fraction of sp³-hybridized carbons (Fsp3) is 0. The van der Waals surface area contributed by atoms with Crippen molar-refractivity contribution in [2.75, 3.05) is 0 Å². The number of hydrogen-bond acceptors (Lipinski definition) is 3. The molecule has 0 aromatic carbocycles. The van der Waals surface area contributed by atoms with Gasteiger partial charge in [0.15, 0.2) is 0 Å². The quantitative estimate of drug-likeness (QED) is 0.611. The summed E-state index contributed by atoms with van der Waals surface area (Å²) >= 11 is -1.11. The van der Waals surface area contributed by atoms with Crippen LogP contribution in [0.2, 0.25) is 0 Å². The monoisotopic (exact) mass is 230 g/mol. The van der Waals surface area contributed by atoms with Crippen LogP contribution in [0.15, 0.2) is 0 Å². The third kappa shape index (κ3) is 4.60. The Morgan fingerprint density at radius 2 is 1.83 bits per heavy atom.